The van der Waals surface area contributed by atoms with Gasteiger partial charge in [0.25, 0.3) is 21.8 Å². The van der Waals surface area contributed by atoms with Crippen molar-refractivity contribution in [3.63, 3.8) is 0 Å². The Balaban J connectivity index is 1.64. The summed E-state index contributed by atoms with van der Waals surface area (Å²) >= 11 is 0. The summed E-state index contributed by atoms with van der Waals surface area (Å²) < 4.78 is 26.8. The molecule has 2 aromatic carbocycles. The number of carbonyl (C=O) groups excluding carboxylic acids is 2. The summed E-state index contributed by atoms with van der Waals surface area (Å²) in [5.74, 6) is -0.697. The fraction of sp³-hybridized carbons (Fsp3) is 0.417. The molecule has 1 aliphatic carbocycles. The Morgan fingerprint density at radius 3 is 2.42 bits per heavy atom. The van der Waals surface area contributed by atoms with Crippen molar-refractivity contribution in [3.8, 4) is 0 Å². The van der Waals surface area contributed by atoms with Crippen molar-refractivity contribution >= 4 is 21.8 Å². The number of benzene rings is 2. The van der Waals surface area contributed by atoms with Gasteiger partial charge in [0.1, 0.15) is 4.90 Å². The van der Waals surface area contributed by atoms with Gasteiger partial charge < -0.3 is 4.90 Å². The average molecular weight is 441 g/mol. The van der Waals surface area contributed by atoms with Gasteiger partial charge in [0, 0.05) is 24.2 Å². The van der Waals surface area contributed by atoms with Crippen molar-refractivity contribution in [1.29, 1.82) is 0 Å². The molecule has 1 saturated carbocycles. The second kappa shape index (κ2) is 8.46. The Hall–Kier alpha value is -2.67. The van der Waals surface area contributed by atoms with Crippen molar-refractivity contribution in [2.45, 2.75) is 62.9 Å². The minimum absolute atomic E-state index is 0.0634. The third-order valence-electron chi connectivity index (χ3n) is 6.18. The molecule has 0 atom stereocenters. The van der Waals surface area contributed by atoms with Crippen molar-refractivity contribution in [1.82, 2.24) is 9.21 Å². The molecule has 0 aromatic heterocycles. The molecule has 0 unspecified atom stereocenters. The van der Waals surface area contributed by atoms with Gasteiger partial charge >= 0.3 is 0 Å². The maximum Gasteiger partial charge on any atom is 0.269 e. The highest BCUT2D eigenvalue weighted by Gasteiger charge is 2.43. The molecule has 4 rings (SSSR count). The van der Waals surface area contributed by atoms with E-state index in [1.807, 2.05) is 35.2 Å². The van der Waals surface area contributed by atoms with E-state index in [0.29, 0.717) is 12.1 Å². The SMILES string of the molecule is CC(C)N1C(=O)c2ccc(C(=O)N(CCc3ccccc3)C3CCCC3)cc2S1(=O)=O. The van der Waals surface area contributed by atoms with Gasteiger partial charge in [-0.15, -0.1) is 0 Å². The van der Waals surface area contributed by atoms with Crippen molar-refractivity contribution in [3.05, 3.63) is 65.2 Å². The van der Waals surface area contributed by atoms with Crippen LogP contribution in [-0.2, 0) is 16.4 Å². The summed E-state index contributed by atoms with van der Waals surface area (Å²) in [6.07, 6.45) is 4.85. The van der Waals surface area contributed by atoms with Crippen LogP contribution >= 0.6 is 0 Å². The highest BCUT2D eigenvalue weighted by atomic mass is 32.2. The van der Waals surface area contributed by atoms with Crippen molar-refractivity contribution < 1.29 is 18.0 Å². The van der Waals surface area contributed by atoms with Crippen LogP contribution in [0.2, 0.25) is 0 Å². The van der Waals surface area contributed by atoms with Crippen LogP contribution in [0, 0.1) is 0 Å². The lowest BCUT2D eigenvalue weighted by molar-refractivity contribution is 0.0683. The van der Waals surface area contributed by atoms with E-state index in [1.165, 1.54) is 12.1 Å². The molecule has 1 fully saturated rings. The predicted octanol–water partition coefficient (Wildman–Crippen LogP) is 3.87. The van der Waals surface area contributed by atoms with Crippen molar-refractivity contribution in [2.24, 2.45) is 0 Å². The molecule has 0 radical (unpaired) electrons. The third kappa shape index (κ3) is 3.99. The van der Waals surface area contributed by atoms with Gasteiger partial charge in [0.2, 0.25) is 0 Å². The molecule has 1 aliphatic heterocycles. The highest BCUT2D eigenvalue weighted by molar-refractivity contribution is 7.90. The van der Waals surface area contributed by atoms with E-state index < -0.39 is 22.0 Å². The maximum atomic E-state index is 13.5. The fourth-order valence-corrected chi connectivity index (χ4v) is 6.41. The van der Waals surface area contributed by atoms with Crippen LogP contribution in [0.5, 0.6) is 0 Å². The zero-order valence-corrected chi connectivity index (χ0v) is 18.8. The van der Waals surface area contributed by atoms with Crippen LogP contribution < -0.4 is 0 Å². The summed E-state index contributed by atoms with van der Waals surface area (Å²) in [5.41, 5.74) is 1.62. The zero-order chi connectivity index (χ0) is 22.2. The summed E-state index contributed by atoms with van der Waals surface area (Å²) in [5, 5.41) is 0. The van der Waals surface area contributed by atoms with E-state index in [-0.39, 0.29) is 22.4 Å². The smallest absolute Gasteiger partial charge is 0.269 e. The molecule has 0 spiro atoms. The van der Waals surface area contributed by atoms with Gasteiger partial charge in [-0.3, -0.25) is 9.59 Å². The Morgan fingerprint density at radius 1 is 1.10 bits per heavy atom. The summed E-state index contributed by atoms with van der Waals surface area (Å²) in [7, 11) is -3.94. The van der Waals surface area contributed by atoms with Crippen LogP contribution in [0.25, 0.3) is 0 Å². The number of fused-ring (bicyclic) bond motifs is 1. The number of nitrogens with zero attached hydrogens (tertiary/aromatic N) is 2. The van der Waals surface area contributed by atoms with Crippen LogP contribution in [0.4, 0.5) is 0 Å². The largest absolute Gasteiger partial charge is 0.335 e. The third-order valence-corrected chi connectivity index (χ3v) is 8.17. The van der Waals surface area contributed by atoms with Gasteiger partial charge in [-0.2, -0.15) is 0 Å². The summed E-state index contributed by atoms with van der Waals surface area (Å²) in [4.78, 5) is 27.9. The molecule has 6 nitrogen and oxygen atoms in total. The number of hydrogen-bond acceptors (Lipinski definition) is 4. The van der Waals surface area contributed by atoms with Gasteiger partial charge in [-0.05, 0) is 56.9 Å². The van der Waals surface area contributed by atoms with Gasteiger partial charge in [-0.1, -0.05) is 43.2 Å². The van der Waals surface area contributed by atoms with Crippen molar-refractivity contribution in [2.75, 3.05) is 6.54 Å². The lowest BCUT2D eigenvalue weighted by Crippen LogP contribution is -2.40. The number of sulfonamides is 1. The van der Waals surface area contributed by atoms with E-state index in [1.54, 1.807) is 19.9 Å². The normalized spacial score (nSPS) is 17.9. The standard InChI is InChI=1S/C24H28N2O4S/c1-17(2)26-24(28)21-13-12-19(16-22(21)31(26,29)30)23(27)25(20-10-6-7-11-20)15-14-18-8-4-3-5-9-18/h3-5,8-9,12-13,16-17,20H,6-7,10-11,14-15H2,1-2H3. The number of amides is 2. The predicted molar refractivity (Wildman–Crippen MR) is 118 cm³/mol. The highest BCUT2D eigenvalue weighted by Crippen LogP contribution is 2.33. The Bertz CT molecular complexity index is 1090. The van der Waals surface area contributed by atoms with Gasteiger partial charge in [-0.25, -0.2) is 12.7 Å². The molecule has 0 N–H and O–H groups in total. The first-order chi connectivity index (χ1) is 14.8. The van der Waals surface area contributed by atoms with Crippen LogP contribution in [0.3, 0.4) is 0 Å². The quantitative estimate of drug-likeness (QED) is 0.683. The molecule has 1 heterocycles. The van der Waals surface area contributed by atoms with Gasteiger partial charge in [0.05, 0.1) is 5.56 Å². The van der Waals surface area contributed by atoms with Gasteiger partial charge in [0.15, 0.2) is 0 Å². The lowest BCUT2D eigenvalue weighted by atomic mass is 10.1. The topological polar surface area (TPSA) is 74.8 Å². The second-order valence-electron chi connectivity index (χ2n) is 8.58. The lowest BCUT2D eigenvalue weighted by Gasteiger charge is -2.29. The second-order valence-corrected chi connectivity index (χ2v) is 10.4. The Morgan fingerprint density at radius 2 is 1.77 bits per heavy atom. The molecular weight excluding hydrogens is 412 g/mol. The first-order valence-electron chi connectivity index (χ1n) is 10.9. The number of hydrogen-bond donors (Lipinski definition) is 0. The Kier molecular flexibility index (Phi) is 5.88. The summed E-state index contributed by atoms with van der Waals surface area (Å²) in [6, 6.07) is 14.2. The first kappa shape index (κ1) is 21.6. The first-order valence-corrected chi connectivity index (χ1v) is 12.3. The maximum absolute atomic E-state index is 13.5. The number of carbonyl (C=O) groups is 2. The molecule has 31 heavy (non-hydrogen) atoms. The molecule has 2 amide bonds. The average Bonchev–Trinajstić information content (AvgIpc) is 3.34. The molecule has 0 saturated heterocycles. The van der Waals surface area contributed by atoms with Crippen LogP contribution in [0.1, 0.15) is 65.8 Å². The fourth-order valence-electron chi connectivity index (χ4n) is 4.62. The Labute approximate surface area is 183 Å². The van der Waals surface area contributed by atoms with E-state index in [4.69, 9.17) is 0 Å². The molecular formula is C24H28N2O4S. The van der Waals surface area contributed by atoms with E-state index in [0.717, 1.165) is 42.0 Å². The summed E-state index contributed by atoms with van der Waals surface area (Å²) in [6.45, 7) is 3.91. The molecule has 7 heteroatoms. The monoisotopic (exact) mass is 440 g/mol. The van der Waals surface area contributed by atoms with E-state index in [9.17, 15) is 18.0 Å². The van der Waals surface area contributed by atoms with E-state index in [2.05, 4.69) is 0 Å². The molecule has 164 valence electrons. The minimum Gasteiger partial charge on any atom is -0.335 e. The van der Waals surface area contributed by atoms with Crippen LogP contribution in [0.15, 0.2) is 53.4 Å². The molecule has 0 bridgehead atoms. The number of rotatable bonds is 6. The molecule has 2 aromatic rings. The van der Waals surface area contributed by atoms with E-state index >= 15 is 0 Å². The van der Waals surface area contributed by atoms with Crippen LogP contribution in [-0.4, -0.2) is 48.1 Å². The zero-order valence-electron chi connectivity index (χ0n) is 18.0. The minimum atomic E-state index is -3.94. The molecule has 2 aliphatic rings.